The van der Waals surface area contributed by atoms with Gasteiger partial charge < -0.3 is 9.30 Å². The molecule has 0 aliphatic heterocycles. The lowest BCUT2D eigenvalue weighted by atomic mass is 10.2. The van der Waals surface area contributed by atoms with Crippen LogP contribution in [0.1, 0.15) is 23.0 Å². The standard InChI is InChI=1S/C20H18F3N7O6S/c1-5-37(33,34)17-13(16-26-11-8-10(20(21,22)23)9-25-14(11)28(16)2)15-24-7-6-12(29(15)27-17)18(31)30(36-4)19(32)35-3/h6-9H,5H2,1-4H3. The molecule has 0 saturated carbocycles. The average molecular weight is 541 g/mol. The number of amides is 2. The van der Waals surface area contributed by atoms with Crippen LogP contribution < -0.4 is 0 Å². The molecular weight excluding hydrogens is 523 g/mol. The van der Waals surface area contributed by atoms with Gasteiger partial charge in [-0.1, -0.05) is 6.92 Å². The molecule has 0 radical (unpaired) electrons. The summed E-state index contributed by atoms with van der Waals surface area (Å²) in [5.74, 6) is -1.57. The maximum absolute atomic E-state index is 13.2. The minimum absolute atomic E-state index is 0.0330. The monoisotopic (exact) mass is 541 g/mol. The first-order chi connectivity index (χ1) is 17.3. The van der Waals surface area contributed by atoms with E-state index in [0.29, 0.717) is 6.20 Å². The Morgan fingerprint density at radius 2 is 1.86 bits per heavy atom. The van der Waals surface area contributed by atoms with E-state index in [2.05, 4.69) is 24.8 Å². The van der Waals surface area contributed by atoms with Crippen LogP contribution in [0.4, 0.5) is 18.0 Å². The zero-order chi connectivity index (χ0) is 27.3. The molecule has 17 heteroatoms. The third-order valence-electron chi connectivity index (χ3n) is 5.35. The summed E-state index contributed by atoms with van der Waals surface area (Å²) >= 11 is 0. The Labute approximate surface area is 206 Å². The lowest BCUT2D eigenvalue weighted by molar-refractivity contribution is -0.137. The fourth-order valence-corrected chi connectivity index (χ4v) is 4.49. The number of sulfone groups is 1. The predicted octanol–water partition coefficient (Wildman–Crippen LogP) is 2.26. The number of pyridine rings is 1. The zero-order valence-electron chi connectivity index (χ0n) is 19.6. The van der Waals surface area contributed by atoms with E-state index in [0.717, 1.165) is 37.1 Å². The molecular formula is C20H18F3N7O6S. The molecule has 0 N–H and O–H groups in total. The highest BCUT2D eigenvalue weighted by molar-refractivity contribution is 7.91. The number of imide groups is 1. The van der Waals surface area contributed by atoms with E-state index in [4.69, 9.17) is 4.84 Å². The van der Waals surface area contributed by atoms with Crippen molar-refractivity contribution in [2.75, 3.05) is 20.0 Å². The Morgan fingerprint density at radius 1 is 1.16 bits per heavy atom. The van der Waals surface area contributed by atoms with Gasteiger partial charge in [0.1, 0.15) is 22.6 Å². The van der Waals surface area contributed by atoms with Gasteiger partial charge in [-0.2, -0.15) is 18.3 Å². The number of hydroxylamine groups is 2. The summed E-state index contributed by atoms with van der Waals surface area (Å²) in [4.78, 5) is 41.9. The van der Waals surface area contributed by atoms with Crippen molar-refractivity contribution in [2.24, 2.45) is 7.05 Å². The molecule has 13 nitrogen and oxygen atoms in total. The first-order valence-corrected chi connectivity index (χ1v) is 12.0. The van der Waals surface area contributed by atoms with Gasteiger partial charge >= 0.3 is 18.2 Å². The average Bonchev–Trinajstić information content (AvgIpc) is 3.41. The lowest BCUT2D eigenvalue weighted by Gasteiger charge is -2.16. The zero-order valence-corrected chi connectivity index (χ0v) is 20.5. The van der Waals surface area contributed by atoms with Gasteiger partial charge in [0.05, 0.1) is 25.5 Å². The number of nitrogens with zero attached hydrogens (tertiary/aromatic N) is 7. The van der Waals surface area contributed by atoms with Crippen molar-refractivity contribution in [3.05, 3.63) is 35.8 Å². The van der Waals surface area contributed by atoms with Crippen molar-refractivity contribution >= 4 is 38.6 Å². The highest BCUT2D eigenvalue weighted by Crippen LogP contribution is 2.35. The molecule has 4 aromatic rings. The van der Waals surface area contributed by atoms with E-state index in [1.165, 1.54) is 18.5 Å². The van der Waals surface area contributed by atoms with E-state index in [-0.39, 0.29) is 39.0 Å². The van der Waals surface area contributed by atoms with Gasteiger partial charge in [-0.3, -0.25) is 9.63 Å². The molecule has 0 bridgehead atoms. The van der Waals surface area contributed by atoms with Gasteiger partial charge in [0.25, 0.3) is 0 Å². The predicted molar refractivity (Wildman–Crippen MR) is 119 cm³/mol. The van der Waals surface area contributed by atoms with Crippen molar-refractivity contribution in [3.63, 3.8) is 0 Å². The SMILES string of the molecule is CCS(=O)(=O)c1nn2c(C(=O)N(OC)C(=O)OC)ccnc2c1-c1nc2cc(C(F)(F)F)cnc2n1C. The number of carbonyl (C=O) groups excluding carboxylic acids is 2. The third kappa shape index (κ3) is 4.25. The highest BCUT2D eigenvalue weighted by Gasteiger charge is 2.34. The maximum atomic E-state index is 13.2. The second-order valence-corrected chi connectivity index (χ2v) is 9.65. The van der Waals surface area contributed by atoms with E-state index in [9.17, 15) is 31.2 Å². The summed E-state index contributed by atoms with van der Waals surface area (Å²) in [5.41, 5.74) is -1.84. The number of hydrogen-bond donors (Lipinski definition) is 0. The summed E-state index contributed by atoms with van der Waals surface area (Å²) in [6, 6.07) is 1.94. The number of carbonyl (C=O) groups is 2. The number of ether oxygens (including phenoxy) is 1. The number of methoxy groups -OCH3 is 1. The molecule has 0 spiro atoms. The van der Waals surface area contributed by atoms with Crippen LogP contribution in [0.2, 0.25) is 0 Å². The Morgan fingerprint density at radius 3 is 2.46 bits per heavy atom. The number of alkyl halides is 3. The summed E-state index contributed by atoms with van der Waals surface area (Å²) in [6.07, 6.45) is -4.05. The number of hydrogen-bond acceptors (Lipinski definition) is 10. The molecule has 4 aromatic heterocycles. The first kappa shape index (κ1) is 26.0. The second-order valence-electron chi connectivity index (χ2n) is 7.46. The maximum Gasteiger partial charge on any atom is 0.441 e. The van der Waals surface area contributed by atoms with Crippen LogP contribution in [-0.4, -0.2) is 74.6 Å². The number of aryl methyl sites for hydroxylation is 1. The number of fused-ring (bicyclic) bond motifs is 2. The number of imidazole rings is 1. The molecule has 196 valence electrons. The summed E-state index contributed by atoms with van der Waals surface area (Å²) in [7, 11) is -0.603. The first-order valence-electron chi connectivity index (χ1n) is 10.3. The molecule has 0 fully saturated rings. The van der Waals surface area contributed by atoms with Crippen LogP contribution in [0.25, 0.3) is 28.2 Å². The van der Waals surface area contributed by atoms with E-state index in [1.807, 2.05) is 0 Å². The van der Waals surface area contributed by atoms with Gasteiger partial charge in [-0.15, -0.1) is 5.06 Å². The molecule has 4 heterocycles. The molecule has 4 rings (SSSR count). The molecule has 0 aliphatic rings. The second kappa shape index (κ2) is 9.07. The molecule has 0 atom stereocenters. The Bertz CT molecular complexity index is 1660. The normalized spacial score (nSPS) is 12.3. The van der Waals surface area contributed by atoms with Crippen molar-refractivity contribution in [1.29, 1.82) is 0 Å². The smallest absolute Gasteiger partial charge is 0.441 e. The Kier molecular flexibility index (Phi) is 6.37. The molecule has 0 unspecified atom stereocenters. The molecule has 37 heavy (non-hydrogen) atoms. The fraction of sp³-hybridized carbons (Fsp3) is 0.300. The van der Waals surface area contributed by atoms with Gasteiger partial charge in [-0.05, 0) is 12.1 Å². The van der Waals surface area contributed by atoms with Gasteiger partial charge in [0, 0.05) is 19.4 Å². The minimum atomic E-state index is -4.68. The Balaban J connectivity index is 2.04. The summed E-state index contributed by atoms with van der Waals surface area (Å²) in [6.45, 7) is 1.36. The van der Waals surface area contributed by atoms with Crippen LogP contribution in [-0.2, 0) is 32.6 Å². The van der Waals surface area contributed by atoms with Gasteiger partial charge in [0.15, 0.2) is 26.2 Å². The van der Waals surface area contributed by atoms with E-state index >= 15 is 0 Å². The van der Waals surface area contributed by atoms with Crippen LogP contribution in [0.3, 0.4) is 0 Å². The summed E-state index contributed by atoms with van der Waals surface area (Å²) < 4.78 is 72.3. The van der Waals surface area contributed by atoms with Gasteiger partial charge in [0.2, 0.25) is 0 Å². The van der Waals surface area contributed by atoms with E-state index in [1.54, 1.807) is 0 Å². The molecule has 0 saturated heterocycles. The summed E-state index contributed by atoms with van der Waals surface area (Å²) in [5, 5.41) is 3.83. The molecule has 0 aliphatic carbocycles. The number of aromatic nitrogens is 6. The van der Waals surface area contributed by atoms with Crippen LogP contribution in [0.5, 0.6) is 0 Å². The third-order valence-corrected chi connectivity index (χ3v) is 6.98. The van der Waals surface area contributed by atoms with Crippen molar-refractivity contribution in [2.45, 2.75) is 18.1 Å². The topological polar surface area (TPSA) is 151 Å². The minimum Gasteiger partial charge on any atom is -0.451 e. The van der Waals surface area contributed by atoms with Crippen molar-refractivity contribution < 1.29 is 40.8 Å². The van der Waals surface area contributed by atoms with Crippen molar-refractivity contribution in [1.82, 2.24) is 34.2 Å². The van der Waals surface area contributed by atoms with Crippen LogP contribution in [0, 0.1) is 0 Å². The number of halogens is 3. The lowest BCUT2D eigenvalue weighted by Crippen LogP contribution is -2.37. The largest absolute Gasteiger partial charge is 0.451 e. The van der Waals surface area contributed by atoms with E-state index < -0.39 is 44.4 Å². The number of rotatable bonds is 5. The molecule has 2 amide bonds. The Hall–Kier alpha value is -4.12. The highest BCUT2D eigenvalue weighted by atomic mass is 32.2. The fourth-order valence-electron chi connectivity index (χ4n) is 3.52. The van der Waals surface area contributed by atoms with Crippen LogP contribution in [0.15, 0.2) is 29.6 Å². The molecule has 0 aromatic carbocycles. The van der Waals surface area contributed by atoms with Crippen LogP contribution >= 0.6 is 0 Å². The van der Waals surface area contributed by atoms with Gasteiger partial charge in [-0.25, -0.2) is 32.7 Å². The quantitative estimate of drug-likeness (QED) is 0.344. The van der Waals surface area contributed by atoms with Crippen molar-refractivity contribution in [3.8, 4) is 11.4 Å².